The van der Waals surface area contributed by atoms with Gasteiger partial charge in [0.1, 0.15) is 0 Å². The lowest BCUT2D eigenvalue weighted by molar-refractivity contribution is 0.453. The minimum atomic E-state index is 0.750. The summed E-state index contributed by atoms with van der Waals surface area (Å²) in [7, 11) is 0. The van der Waals surface area contributed by atoms with Crippen molar-refractivity contribution in [3.8, 4) is 0 Å². The van der Waals surface area contributed by atoms with Crippen molar-refractivity contribution in [1.29, 1.82) is 0 Å². The van der Waals surface area contributed by atoms with Crippen molar-refractivity contribution in [1.82, 2.24) is 9.88 Å². The minimum absolute atomic E-state index is 0.750. The Morgan fingerprint density at radius 3 is 2.76 bits per heavy atom. The quantitative estimate of drug-likeness (QED) is 0.666. The Bertz CT molecular complexity index is 541. The molecule has 2 aromatic rings. The summed E-state index contributed by atoms with van der Waals surface area (Å²) in [4.78, 5) is 0. The zero-order valence-corrected chi connectivity index (χ0v) is 13.9. The fourth-order valence-electron chi connectivity index (χ4n) is 3.17. The molecule has 116 valence electrons. The number of benzene rings is 1. The topological polar surface area (TPSA) is 17.0 Å². The number of hydrogen-bond donors (Lipinski definition) is 1. The molecule has 1 aromatic heterocycles. The number of aryl methyl sites for hydroxylation is 1. The first kappa shape index (κ1) is 16.1. The smallest absolute Gasteiger partial charge is 0.0483 e. The van der Waals surface area contributed by atoms with Gasteiger partial charge in [0.25, 0.3) is 0 Å². The van der Waals surface area contributed by atoms with Gasteiger partial charge in [-0.05, 0) is 49.9 Å². The van der Waals surface area contributed by atoms with E-state index in [1.165, 1.54) is 42.1 Å². The molecule has 2 rings (SSSR count). The number of para-hydroxylation sites is 1. The Morgan fingerprint density at radius 2 is 2.00 bits per heavy atom. The molecular weight excluding hydrogens is 256 g/mol. The van der Waals surface area contributed by atoms with Gasteiger partial charge in [-0.2, -0.15) is 0 Å². The average molecular weight is 286 g/mol. The highest BCUT2D eigenvalue weighted by molar-refractivity contribution is 5.84. The second kappa shape index (κ2) is 8.23. The molecule has 0 radical (unpaired) electrons. The molecule has 2 nitrogen and oxygen atoms in total. The van der Waals surface area contributed by atoms with Crippen molar-refractivity contribution < 1.29 is 0 Å². The van der Waals surface area contributed by atoms with Gasteiger partial charge < -0.3 is 9.88 Å². The Labute approximate surface area is 129 Å². The van der Waals surface area contributed by atoms with Crippen molar-refractivity contribution in [2.45, 2.75) is 53.0 Å². The van der Waals surface area contributed by atoms with Crippen LogP contribution in [0.5, 0.6) is 0 Å². The highest BCUT2D eigenvalue weighted by atomic mass is 15.0. The lowest BCUT2D eigenvalue weighted by Crippen LogP contribution is -2.14. The Morgan fingerprint density at radius 1 is 1.19 bits per heavy atom. The first-order valence-electron chi connectivity index (χ1n) is 8.53. The van der Waals surface area contributed by atoms with E-state index in [0.717, 1.165) is 25.6 Å². The van der Waals surface area contributed by atoms with Crippen LogP contribution in [-0.2, 0) is 13.0 Å². The van der Waals surface area contributed by atoms with Gasteiger partial charge in [0, 0.05) is 23.6 Å². The van der Waals surface area contributed by atoms with Crippen molar-refractivity contribution in [3.63, 3.8) is 0 Å². The molecule has 0 fully saturated rings. The number of hydrogen-bond acceptors (Lipinski definition) is 1. The molecule has 21 heavy (non-hydrogen) atoms. The molecule has 1 unspecified atom stereocenters. The van der Waals surface area contributed by atoms with Crippen molar-refractivity contribution >= 4 is 10.9 Å². The van der Waals surface area contributed by atoms with Gasteiger partial charge in [-0.3, -0.25) is 0 Å². The lowest BCUT2D eigenvalue weighted by Gasteiger charge is -2.12. The third-order valence-corrected chi connectivity index (χ3v) is 4.21. The van der Waals surface area contributed by atoms with Crippen LogP contribution in [-0.4, -0.2) is 17.7 Å². The van der Waals surface area contributed by atoms with Gasteiger partial charge in [-0.25, -0.2) is 0 Å². The van der Waals surface area contributed by atoms with Crippen LogP contribution in [0.3, 0.4) is 0 Å². The largest absolute Gasteiger partial charge is 0.347 e. The lowest BCUT2D eigenvalue weighted by atomic mass is 10.1. The third-order valence-electron chi connectivity index (χ3n) is 4.21. The van der Waals surface area contributed by atoms with Crippen LogP contribution in [0.1, 0.15) is 45.6 Å². The van der Waals surface area contributed by atoms with E-state index in [9.17, 15) is 0 Å². The molecule has 0 saturated carbocycles. The van der Waals surface area contributed by atoms with Crippen molar-refractivity contribution in [2.24, 2.45) is 5.92 Å². The van der Waals surface area contributed by atoms with E-state index in [1.807, 2.05) is 0 Å². The van der Waals surface area contributed by atoms with Gasteiger partial charge >= 0.3 is 0 Å². The predicted octanol–water partition coefficient (Wildman–Crippen LogP) is 4.62. The molecule has 1 atom stereocenters. The van der Waals surface area contributed by atoms with Gasteiger partial charge in [-0.15, -0.1) is 0 Å². The Kier molecular flexibility index (Phi) is 6.31. The van der Waals surface area contributed by atoms with Crippen molar-refractivity contribution in [2.75, 3.05) is 13.1 Å². The summed E-state index contributed by atoms with van der Waals surface area (Å²) in [6, 6.07) is 8.86. The van der Waals surface area contributed by atoms with Gasteiger partial charge in [0.05, 0.1) is 0 Å². The number of nitrogens with one attached hydrogen (secondary N) is 1. The fraction of sp³-hybridized carbons (Fsp3) is 0.579. The number of rotatable bonds is 9. The summed E-state index contributed by atoms with van der Waals surface area (Å²) in [6.07, 6.45) is 7.36. The first-order chi connectivity index (χ1) is 10.3. The van der Waals surface area contributed by atoms with Crippen molar-refractivity contribution in [3.05, 3.63) is 36.0 Å². The second-order valence-electron chi connectivity index (χ2n) is 6.17. The van der Waals surface area contributed by atoms with Crippen LogP contribution < -0.4 is 5.32 Å². The molecule has 0 bridgehead atoms. The zero-order valence-electron chi connectivity index (χ0n) is 13.9. The van der Waals surface area contributed by atoms with E-state index < -0.39 is 0 Å². The Hall–Kier alpha value is -1.28. The molecule has 0 amide bonds. The third kappa shape index (κ3) is 4.34. The first-order valence-corrected chi connectivity index (χ1v) is 8.53. The summed E-state index contributed by atoms with van der Waals surface area (Å²) < 4.78 is 2.47. The van der Waals surface area contributed by atoms with E-state index in [1.54, 1.807) is 0 Å². The summed E-state index contributed by atoms with van der Waals surface area (Å²) >= 11 is 0. The standard InChI is InChI=1S/C19H30N2/c1-4-9-16(3)14-21-15-17(10-8-13-20-5-2)18-11-6-7-12-19(18)21/h6-7,11-12,15-16,20H,4-5,8-10,13-14H2,1-3H3. The summed E-state index contributed by atoms with van der Waals surface area (Å²) in [6.45, 7) is 10.1. The number of fused-ring (bicyclic) bond motifs is 1. The maximum atomic E-state index is 3.42. The summed E-state index contributed by atoms with van der Waals surface area (Å²) in [5.41, 5.74) is 2.91. The molecule has 0 aliphatic heterocycles. The summed E-state index contributed by atoms with van der Waals surface area (Å²) in [5, 5.41) is 4.86. The van der Waals surface area contributed by atoms with Gasteiger partial charge in [0.15, 0.2) is 0 Å². The van der Waals surface area contributed by atoms with Crippen LogP contribution in [0, 0.1) is 5.92 Å². The maximum absolute atomic E-state index is 3.42. The molecular formula is C19H30N2. The second-order valence-corrected chi connectivity index (χ2v) is 6.17. The molecule has 1 N–H and O–H groups in total. The predicted molar refractivity (Wildman–Crippen MR) is 92.9 cm³/mol. The highest BCUT2D eigenvalue weighted by Crippen LogP contribution is 2.24. The van der Waals surface area contributed by atoms with E-state index >= 15 is 0 Å². The Balaban J connectivity index is 2.14. The van der Waals surface area contributed by atoms with Crippen LogP contribution in [0.4, 0.5) is 0 Å². The average Bonchev–Trinajstić information content (AvgIpc) is 2.82. The van der Waals surface area contributed by atoms with Crippen LogP contribution in [0.15, 0.2) is 30.5 Å². The molecule has 1 heterocycles. The van der Waals surface area contributed by atoms with Crippen LogP contribution in [0.25, 0.3) is 10.9 Å². The molecule has 0 aliphatic rings. The van der Waals surface area contributed by atoms with Gasteiger partial charge in [-0.1, -0.05) is 45.4 Å². The maximum Gasteiger partial charge on any atom is 0.0483 e. The van der Waals surface area contributed by atoms with E-state index in [4.69, 9.17) is 0 Å². The zero-order chi connectivity index (χ0) is 15.1. The van der Waals surface area contributed by atoms with Crippen LogP contribution in [0.2, 0.25) is 0 Å². The van der Waals surface area contributed by atoms with Crippen LogP contribution >= 0.6 is 0 Å². The molecule has 0 saturated heterocycles. The fourth-order valence-corrected chi connectivity index (χ4v) is 3.17. The highest BCUT2D eigenvalue weighted by Gasteiger charge is 2.10. The minimum Gasteiger partial charge on any atom is -0.347 e. The SMILES string of the molecule is CCCC(C)Cn1cc(CCCNCC)c2ccccc21. The molecule has 1 aromatic carbocycles. The molecule has 0 aliphatic carbocycles. The normalized spacial score (nSPS) is 12.9. The molecule has 2 heteroatoms. The summed E-state index contributed by atoms with van der Waals surface area (Å²) in [5.74, 6) is 0.750. The van der Waals surface area contributed by atoms with Gasteiger partial charge in [0.2, 0.25) is 0 Å². The van der Waals surface area contributed by atoms with E-state index in [2.05, 4.69) is 61.1 Å². The molecule has 0 spiro atoms. The number of nitrogens with zero attached hydrogens (tertiary/aromatic N) is 1. The monoisotopic (exact) mass is 286 g/mol. The van der Waals surface area contributed by atoms with E-state index in [0.29, 0.717) is 0 Å². The van der Waals surface area contributed by atoms with E-state index in [-0.39, 0.29) is 0 Å². The number of aromatic nitrogens is 1.